The van der Waals surface area contributed by atoms with Crippen LogP contribution in [0.2, 0.25) is 0 Å². The van der Waals surface area contributed by atoms with E-state index in [-0.39, 0.29) is 0 Å². The Labute approximate surface area is 95.5 Å². The Hall–Kier alpha value is -1.90. The SMILES string of the molecule is COc1c(C)cn(-c2ccccc2N)c1C. The number of hydrogen-bond acceptors (Lipinski definition) is 2. The van der Waals surface area contributed by atoms with Crippen LogP contribution in [0.5, 0.6) is 5.75 Å². The number of nitrogens with two attached hydrogens (primary N) is 1. The lowest BCUT2D eigenvalue weighted by Gasteiger charge is -2.09. The number of anilines is 1. The van der Waals surface area contributed by atoms with Crippen molar-refractivity contribution in [1.29, 1.82) is 0 Å². The van der Waals surface area contributed by atoms with E-state index >= 15 is 0 Å². The molecule has 3 nitrogen and oxygen atoms in total. The monoisotopic (exact) mass is 216 g/mol. The van der Waals surface area contributed by atoms with Crippen molar-refractivity contribution in [3.8, 4) is 11.4 Å². The first-order chi connectivity index (χ1) is 7.65. The van der Waals surface area contributed by atoms with Crippen molar-refractivity contribution < 1.29 is 4.74 Å². The first-order valence-electron chi connectivity index (χ1n) is 5.22. The number of ether oxygens (including phenoxy) is 1. The first kappa shape index (κ1) is 10.6. The highest BCUT2D eigenvalue weighted by Crippen LogP contribution is 2.29. The van der Waals surface area contributed by atoms with Gasteiger partial charge >= 0.3 is 0 Å². The second-order valence-electron chi connectivity index (χ2n) is 3.86. The maximum Gasteiger partial charge on any atom is 0.142 e. The van der Waals surface area contributed by atoms with Gasteiger partial charge in [0.25, 0.3) is 0 Å². The molecule has 0 fully saturated rings. The number of rotatable bonds is 2. The molecule has 0 aliphatic carbocycles. The highest BCUT2D eigenvalue weighted by Gasteiger charge is 2.12. The fraction of sp³-hybridized carbons (Fsp3) is 0.231. The lowest BCUT2D eigenvalue weighted by atomic mass is 10.2. The normalized spacial score (nSPS) is 10.4. The fourth-order valence-electron chi connectivity index (χ4n) is 2.01. The number of aryl methyl sites for hydroxylation is 1. The molecule has 16 heavy (non-hydrogen) atoms. The van der Waals surface area contributed by atoms with E-state index < -0.39 is 0 Å². The fourth-order valence-corrected chi connectivity index (χ4v) is 2.01. The summed E-state index contributed by atoms with van der Waals surface area (Å²) in [4.78, 5) is 0. The zero-order valence-corrected chi connectivity index (χ0v) is 9.82. The van der Waals surface area contributed by atoms with Crippen molar-refractivity contribution in [2.45, 2.75) is 13.8 Å². The van der Waals surface area contributed by atoms with Crippen LogP contribution in [0.25, 0.3) is 5.69 Å². The van der Waals surface area contributed by atoms with Gasteiger partial charge in [-0.05, 0) is 26.0 Å². The maximum atomic E-state index is 5.96. The van der Waals surface area contributed by atoms with Gasteiger partial charge < -0.3 is 15.0 Å². The molecule has 0 saturated heterocycles. The molecule has 0 amide bonds. The zero-order chi connectivity index (χ0) is 11.7. The second kappa shape index (κ2) is 3.93. The van der Waals surface area contributed by atoms with Crippen LogP contribution in [0.3, 0.4) is 0 Å². The lowest BCUT2D eigenvalue weighted by molar-refractivity contribution is 0.408. The third kappa shape index (κ3) is 1.54. The smallest absolute Gasteiger partial charge is 0.142 e. The van der Waals surface area contributed by atoms with Gasteiger partial charge in [-0.3, -0.25) is 0 Å². The van der Waals surface area contributed by atoms with E-state index in [4.69, 9.17) is 10.5 Å². The summed E-state index contributed by atoms with van der Waals surface area (Å²) < 4.78 is 7.42. The van der Waals surface area contributed by atoms with Gasteiger partial charge in [-0.1, -0.05) is 12.1 Å². The van der Waals surface area contributed by atoms with E-state index in [0.29, 0.717) is 0 Å². The molecule has 84 valence electrons. The Morgan fingerprint density at radius 1 is 1.19 bits per heavy atom. The van der Waals surface area contributed by atoms with E-state index in [2.05, 4.69) is 4.57 Å². The van der Waals surface area contributed by atoms with Gasteiger partial charge in [0.2, 0.25) is 0 Å². The maximum absolute atomic E-state index is 5.96. The number of nitrogen functional groups attached to an aromatic ring is 1. The van der Waals surface area contributed by atoms with E-state index in [1.54, 1.807) is 7.11 Å². The Morgan fingerprint density at radius 2 is 1.88 bits per heavy atom. The predicted octanol–water partition coefficient (Wildman–Crippen LogP) is 2.68. The summed E-state index contributed by atoms with van der Waals surface area (Å²) in [5.74, 6) is 0.920. The van der Waals surface area contributed by atoms with Crippen LogP contribution in [-0.4, -0.2) is 11.7 Å². The van der Waals surface area contributed by atoms with Gasteiger partial charge in [-0.25, -0.2) is 0 Å². The topological polar surface area (TPSA) is 40.2 Å². The molecule has 0 spiro atoms. The number of para-hydroxylation sites is 2. The molecule has 1 heterocycles. The third-order valence-corrected chi connectivity index (χ3v) is 2.77. The van der Waals surface area contributed by atoms with Crippen molar-refractivity contribution in [2.24, 2.45) is 0 Å². The number of aromatic nitrogens is 1. The molecule has 0 radical (unpaired) electrons. The van der Waals surface area contributed by atoms with Gasteiger partial charge in [-0.15, -0.1) is 0 Å². The molecule has 2 rings (SSSR count). The van der Waals surface area contributed by atoms with Gasteiger partial charge in [0.05, 0.1) is 24.2 Å². The molecule has 2 N–H and O–H groups in total. The minimum absolute atomic E-state index is 0.767. The molecule has 0 unspecified atom stereocenters. The highest BCUT2D eigenvalue weighted by molar-refractivity contribution is 5.60. The van der Waals surface area contributed by atoms with Crippen LogP contribution in [-0.2, 0) is 0 Å². The molecule has 3 heteroatoms. The summed E-state index contributed by atoms with van der Waals surface area (Å²) in [6.45, 7) is 4.06. The molecule has 0 atom stereocenters. The summed E-state index contributed by atoms with van der Waals surface area (Å²) in [6.07, 6.45) is 2.04. The van der Waals surface area contributed by atoms with Crippen LogP contribution in [0, 0.1) is 13.8 Å². The summed E-state index contributed by atoms with van der Waals surface area (Å²) in [6, 6.07) is 7.81. The summed E-state index contributed by atoms with van der Waals surface area (Å²) in [7, 11) is 1.69. The molecule has 0 bridgehead atoms. The number of nitrogens with zero attached hydrogens (tertiary/aromatic N) is 1. The highest BCUT2D eigenvalue weighted by atomic mass is 16.5. The first-order valence-corrected chi connectivity index (χ1v) is 5.22. The van der Waals surface area contributed by atoms with Crippen LogP contribution >= 0.6 is 0 Å². The van der Waals surface area contributed by atoms with E-state index in [1.807, 2.05) is 44.3 Å². The molecule has 0 aliphatic rings. The van der Waals surface area contributed by atoms with Gasteiger partial charge in [0.15, 0.2) is 0 Å². The molecular weight excluding hydrogens is 200 g/mol. The van der Waals surface area contributed by atoms with Crippen molar-refractivity contribution in [3.63, 3.8) is 0 Å². The van der Waals surface area contributed by atoms with Crippen LogP contribution in [0.4, 0.5) is 5.69 Å². The van der Waals surface area contributed by atoms with Crippen LogP contribution in [0.1, 0.15) is 11.3 Å². The van der Waals surface area contributed by atoms with Crippen molar-refractivity contribution in [1.82, 2.24) is 4.57 Å². The summed E-state index contributed by atoms with van der Waals surface area (Å²) in [5.41, 5.74) is 9.90. The zero-order valence-electron chi connectivity index (χ0n) is 9.82. The van der Waals surface area contributed by atoms with Gasteiger partial charge in [0.1, 0.15) is 5.75 Å². The van der Waals surface area contributed by atoms with E-state index in [1.165, 1.54) is 0 Å². The van der Waals surface area contributed by atoms with E-state index in [9.17, 15) is 0 Å². The average molecular weight is 216 g/mol. The molecule has 1 aromatic heterocycles. The van der Waals surface area contributed by atoms with Crippen molar-refractivity contribution in [2.75, 3.05) is 12.8 Å². The average Bonchev–Trinajstić information content (AvgIpc) is 2.55. The summed E-state index contributed by atoms with van der Waals surface area (Å²) >= 11 is 0. The Balaban J connectivity index is 2.62. The minimum Gasteiger partial charge on any atom is -0.495 e. The predicted molar refractivity (Wildman–Crippen MR) is 66.2 cm³/mol. The molecule has 0 aliphatic heterocycles. The number of hydrogen-bond donors (Lipinski definition) is 1. The Bertz CT molecular complexity index is 515. The largest absolute Gasteiger partial charge is 0.495 e. The quantitative estimate of drug-likeness (QED) is 0.784. The molecular formula is C13H16N2O. The minimum atomic E-state index is 0.767. The van der Waals surface area contributed by atoms with Crippen LogP contribution < -0.4 is 10.5 Å². The lowest BCUT2D eigenvalue weighted by Crippen LogP contribution is -2.00. The van der Waals surface area contributed by atoms with Gasteiger partial charge in [0, 0.05) is 11.8 Å². The van der Waals surface area contributed by atoms with Crippen molar-refractivity contribution >= 4 is 5.69 Å². The molecule has 2 aromatic rings. The number of benzene rings is 1. The van der Waals surface area contributed by atoms with E-state index in [0.717, 1.165) is 28.4 Å². The summed E-state index contributed by atoms with van der Waals surface area (Å²) in [5, 5.41) is 0. The van der Waals surface area contributed by atoms with Gasteiger partial charge in [-0.2, -0.15) is 0 Å². The second-order valence-corrected chi connectivity index (χ2v) is 3.86. The third-order valence-electron chi connectivity index (χ3n) is 2.77. The Morgan fingerprint density at radius 3 is 2.44 bits per heavy atom. The Kier molecular flexibility index (Phi) is 2.60. The standard InChI is InChI=1S/C13H16N2O/c1-9-8-15(10(2)13(9)16-3)12-7-5-4-6-11(12)14/h4-8H,14H2,1-3H3. The molecule has 1 aromatic carbocycles. The number of methoxy groups -OCH3 is 1. The molecule has 0 saturated carbocycles. The van der Waals surface area contributed by atoms with Crippen LogP contribution in [0.15, 0.2) is 30.5 Å². The van der Waals surface area contributed by atoms with Crippen molar-refractivity contribution in [3.05, 3.63) is 41.7 Å².